The zero-order chi connectivity index (χ0) is 21.9. The van der Waals surface area contributed by atoms with Gasteiger partial charge in [0.1, 0.15) is 5.60 Å². The van der Waals surface area contributed by atoms with E-state index in [4.69, 9.17) is 4.74 Å². The topological polar surface area (TPSA) is 85.6 Å². The summed E-state index contributed by atoms with van der Waals surface area (Å²) in [5.74, 6) is 0.0333. The molecule has 8 nitrogen and oxygen atoms in total. The molecule has 0 aliphatic carbocycles. The van der Waals surface area contributed by atoms with Crippen molar-refractivity contribution in [1.29, 1.82) is 0 Å². The van der Waals surface area contributed by atoms with Gasteiger partial charge >= 0.3 is 11.8 Å². The van der Waals surface area contributed by atoms with Crippen LogP contribution in [0.15, 0.2) is 29.1 Å². The Bertz CT molecular complexity index is 962. The van der Waals surface area contributed by atoms with E-state index in [0.29, 0.717) is 39.0 Å². The number of imidazole rings is 1. The van der Waals surface area contributed by atoms with Crippen LogP contribution < -0.4 is 11.0 Å². The molecule has 2 heterocycles. The SMILES string of the molecule is CCn1c(=O)n(CCC(=O)N2CCC(NC(=O)OC(C)(C)C)CC2)c2ccccc21. The van der Waals surface area contributed by atoms with Crippen molar-refractivity contribution in [1.82, 2.24) is 19.4 Å². The number of alkyl carbamates (subject to hydrolysis) is 1. The fourth-order valence-corrected chi connectivity index (χ4v) is 3.91. The van der Waals surface area contributed by atoms with Gasteiger partial charge in [0.25, 0.3) is 0 Å². The molecule has 0 unspecified atom stereocenters. The van der Waals surface area contributed by atoms with Crippen molar-refractivity contribution in [2.24, 2.45) is 0 Å². The second-order valence-electron chi connectivity index (χ2n) is 8.72. The van der Waals surface area contributed by atoms with Gasteiger partial charge in [-0.2, -0.15) is 0 Å². The summed E-state index contributed by atoms with van der Waals surface area (Å²) in [4.78, 5) is 39.1. The molecule has 164 valence electrons. The maximum atomic E-state index is 12.7. The Morgan fingerprint density at radius 1 is 1.10 bits per heavy atom. The highest BCUT2D eigenvalue weighted by Crippen LogP contribution is 2.16. The minimum atomic E-state index is -0.528. The predicted molar refractivity (Wildman–Crippen MR) is 115 cm³/mol. The number of fused-ring (bicyclic) bond motifs is 1. The number of aromatic nitrogens is 2. The fourth-order valence-electron chi connectivity index (χ4n) is 3.91. The maximum Gasteiger partial charge on any atom is 0.407 e. The zero-order valence-electron chi connectivity index (χ0n) is 18.3. The number of amides is 2. The molecule has 2 amide bonds. The molecule has 2 aromatic rings. The third-order valence-corrected chi connectivity index (χ3v) is 5.36. The molecule has 8 heteroatoms. The normalized spacial score (nSPS) is 15.4. The van der Waals surface area contributed by atoms with Crippen LogP contribution in [-0.4, -0.2) is 50.8 Å². The average Bonchev–Trinajstić information content (AvgIpc) is 2.95. The van der Waals surface area contributed by atoms with Crippen molar-refractivity contribution in [2.45, 2.75) is 71.7 Å². The fraction of sp³-hybridized carbons (Fsp3) is 0.591. The number of carbonyl (C=O) groups is 2. The molecule has 0 atom stereocenters. The van der Waals surface area contributed by atoms with Crippen LogP contribution >= 0.6 is 0 Å². The number of para-hydroxylation sites is 2. The summed E-state index contributed by atoms with van der Waals surface area (Å²) in [7, 11) is 0. The zero-order valence-corrected chi connectivity index (χ0v) is 18.3. The first kappa shape index (κ1) is 21.9. The van der Waals surface area contributed by atoms with Crippen molar-refractivity contribution in [3.8, 4) is 0 Å². The summed E-state index contributed by atoms with van der Waals surface area (Å²) in [5, 5.41) is 2.88. The number of nitrogens with zero attached hydrogens (tertiary/aromatic N) is 3. The number of likely N-dealkylation sites (tertiary alicyclic amines) is 1. The van der Waals surface area contributed by atoms with Gasteiger partial charge in [0, 0.05) is 38.6 Å². The van der Waals surface area contributed by atoms with E-state index >= 15 is 0 Å². The Hall–Kier alpha value is -2.77. The van der Waals surface area contributed by atoms with Gasteiger partial charge in [0.2, 0.25) is 5.91 Å². The monoisotopic (exact) mass is 416 g/mol. The molecule has 1 N–H and O–H groups in total. The Morgan fingerprint density at radius 3 is 2.27 bits per heavy atom. The summed E-state index contributed by atoms with van der Waals surface area (Å²) in [6.07, 6.45) is 1.25. The first-order chi connectivity index (χ1) is 14.2. The molecule has 0 saturated carbocycles. The minimum Gasteiger partial charge on any atom is -0.444 e. The highest BCUT2D eigenvalue weighted by Gasteiger charge is 2.26. The van der Waals surface area contributed by atoms with Crippen molar-refractivity contribution in [3.63, 3.8) is 0 Å². The first-order valence-corrected chi connectivity index (χ1v) is 10.6. The minimum absolute atomic E-state index is 0.00838. The highest BCUT2D eigenvalue weighted by atomic mass is 16.6. The van der Waals surface area contributed by atoms with Crippen LogP contribution in [0.4, 0.5) is 4.79 Å². The highest BCUT2D eigenvalue weighted by molar-refractivity contribution is 5.78. The number of ether oxygens (including phenoxy) is 1. The Balaban J connectivity index is 1.54. The smallest absolute Gasteiger partial charge is 0.407 e. The predicted octanol–water partition coefficient (Wildman–Crippen LogP) is 2.73. The number of carbonyl (C=O) groups excluding carboxylic acids is 2. The molecule has 1 aliphatic heterocycles. The molecule has 1 aromatic carbocycles. The summed E-state index contributed by atoms with van der Waals surface area (Å²) in [6.45, 7) is 9.57. The number of piperidine rings is 1. The molecule has 1 aliphatic rings. The van der Waals surface area contributed by atoms with Crippen molar-refractivity contribution < 1.29 is 14.3 Å². The van der Waals surface area contributed by atoms with Crippen LogP contribution in [0.1, 0.15) is 47.0 Å². The van der Waals surface area contributed by atoms with E-state index in [9.17, 15) is 14.4 Å². The lowest BCUT2D eigenvalue weighted by Gasteiger charge is -2.33. The summed E-state index contributed by atoms with van der Waals surface area (Å²) in [5.41, 5.74) is 1.15. The van der Waals surface area contributed by atoms with Gasteiger partial charge in [0.15, 0.2) is 0 Å². The standard InChI is InChI=1S/C22H32N4O4/c1-5-25-17-8-6-7-9-18(17)26(21(25)29)15-12-19(27)24-13-10-16(11-14-24)23-20(28)30-22(2,3)4/h6-9,16H,5,10-15H2,1-4H3,(H,23,28). The lowest BCUT2D eigenvalue weighted by atomic mass is 10.0. The Morgan fingerprint density at radius 2 is 1.70 bits per heavy atom. The number of aryl methyl sites for hydroxylation is 2. The molecular weight excluding hydrogens is 384 g/mol. The molecular formula is C22H32N4O4. The van der Waals surface area contributed by atoms with Gasteiger partial charge in [-0.05, 0) is 52.7 Å². The molecule has 1 saturated heterocycles. The number of rotatable bonds is 5. The van der Waals surface area contributed by atoms with Crippen LogP contribution in [0.3, 0.4) is 0 Å². The van der Waals surface area contributed by atoms with E-state index in [2.05, 4.69) is 5.32 Å². The van der Waals surface area contributed by atoms with Gasteiger partial charge in [-0.1, -0.05) is 12.1 Å². The first-order valence-electron chi connectivity index (χ1n) is 10.6. The number of hydrogen-bond acceptors (Lipinski definition) is 4. The van der Waals surface area contributed by atoms with Crippen LogP contribution in [0.5, 0.6) is 0 Å². The molecule has 0 spiro atoms. The number of nitrogens with one attached hydrogen (secondary N) is 1. The van der Waals surface area contributed by atoms with E-state index in [1.54, 1.807) is 9.13 Å². The number of hydrogen-bond donors (Lipinski definition) is 1. The van der Waals surface area contributed by atoms with Crippen molar-refractivity contribution in [3.05, 3.63) is 34.7 Å². The van der Waals surface area contributed by atoms with E-state index in [1.807, 2.05) is 56.9 Å². The average molecular weight is 417 g/mol. The molecule has 1 fully saturated rings. The third kappa shape index (κ3) is 5.04. The largest absolute Gasteiger partial charge is 0.444 e. The third-order valence-electron chi connectivity index (χ3n) is 5.36. The van der Waals surface area contributed by atoms with Crippen LogP contribution in [0.25, 0.3) is 11.0 Å². The summed E-state index contributed by atoms with van der Waals surface area (Å²) < 4.78 is 8.71. The van der Waals surface area contributed by atoms with Gasteiger partial charge < -0.3 is 15.0 Å². The van der Waals surface area contributed by atoms with Crippen LogP contribution in [0.2, 0.25) is 0 Å². The molecule has 1 aromatic heterocycles. The maximum absolute atomic E-state index is 12.7. The second kappa shape index (κ2) is 8.93. The number of benzene rings is 1. The van der Waals surface area contributed by atoms with E-state index in [0.717, 1.165) is 11.0 Å². The van der Waals surface area contributed by atoms with E-state index < -0.39 is 11.7 Å². The van der Waals surface area contributed by atoms with E-state index in [1.165, 1.54) is 0 Å². The lowest BCUT2D eigenvalue weighted by molar-refractivity contribution is -0.132. The van der Waals surface area contributed by atoms with Crippen LogP contribution in [-0.2, 0) is 22.6 Å². The van der Waals surface area contributed by atoms with Crippen molar-refractivity contribution in [2.75, 3.05) is 13.1 Å². The summed E-state index contributed by atoms with van der Waals surface area (Å²) >= 11 is 0. The molecule has 30 heavy (non-hydrogen) atoms. The van der Waals surface area contributed by atoms with Gasteiger partial charge in [-0.25, -0.2) is 9.59 Å². The van der Waals surface area contributed by atoms with Gasteiger partial charge in [-0.3, -0.25) is 13.9 Å². The van der Waals surface area contributed by atoms with Crippen molar-refractivity contribution >= 4 is 23.0 Å². The van der Waals surface area contributed by atoms with E-state index in [-0.39, 0.29) is 24.1 Å². The molecule has 0 radical (unpaired) electrons. The molecule has 0 bridgehead atoms. The Labute approximate surface area is 176 Å². The lowest BCUT2D eigenvalue weighted by Crippen LogP contribution is -2.47. The van der Waals surface area contributed by atoms with Crippen LogP contribution in [0, 0.1) is 0 Å². The second-order valence-corrected chi connectivity index (χ2v) is 8.72. The Kier molecular flexibility index (Phi) is 6.53. The molecule has 3 rings (SSSR count). The quantitative estimate of drug-likeness (QED) is 0.812. The van der Waals surface area contributed by atoms with Gasteiger partial charge in [0.05, 0.1) is 11.0 Å². The van der Waals surface area contributed by atoms with Gasteiger partial charge in [-0.15, -0.1) is 0 Å². The summed E-state index contributed by atoms with van der Waals surface area (Å²) in [6, 6.07) is 7.68.